The van der Waals surface area contributed by atoms with Crippen molar-refractivity contribution in [2.24, 2.45) is 22.9 Å². The lowest BCUT2D eigenvalue weighted by Crippen LogP contribution is -2.69. The number of allylic oxidation sites excluding steroid dienone is 1. The molecule has 346 valence electrons. The normalized spacial score (nSPS) is 25.1. The van der Waals surface area contributed by atoms with Crippen molar-refractivity contribution in [3.05, 3.63) is 118 Å². The number of aliphatic hydroxyl groups excluding tert-OH is 2. The molecule has 7 unspecified atom stereocenters. The second-order valence-corrected chi connectivity index (χ2v) is 16.9. The number of nitro benzene ring substituents is 1. The van der Waals surface area contributed by atoms with Gasteiger partial charge in [0.25, 0.3) is 5.69 Å². The number of ether oxygens (including phenoxy) is 5. The Morgan fingerprint density at radius 3 is 2.48 bits per heavy atom. The molecule has 2 aliphatic carbocycles. The molecule has 1 saturated heterocycles. The molecule has 0 radical (unpaired) electrons. The van der Waals surface area contributed by atoms with Crippen molar-refractivity contribution in [3.8, 4) is 23.0 Å². The third-order valence-electron chi connectivity index (χ3n) is 13.0. The van der Waals surface area contributed by atoms with E-state index in [1.54, 1.807) is 60.5 Å². The molecule has 2 N–H and O–H groups in total. The number of non-ortho nitro benzene ring substituents is 1. The Hall–Kier alpha value is -5.87. The average Bonchev–Trinajstić information content (AvgIpc) is 3.33. The Morgan fingerprint density at radius 1 is 1.03 bits per heavy atom. The van der Waals surface area contributed by atoms with Crippen LogP contribution in [0.25, 0.3) is 6.08 Å². The molecular weight excluding hydrogens is 835 g/mol. The van der Waals surface area contributed by atoms with Gasteiger partial charge in [-0.3, -0.25) is 19.7 Å². The van der Waals surface area contributed by atoms with Gasteiger partial charge in [0.15, 0.2) is 6.29 Å². The summed E-state index contributed by atoms with van der Waals surface area (Å²) >= 11 is 0. The van der Waals surface area contributed by atoms with Crippen LogP contribution in [-0.4, -0.2) is 96.6 Å². The first-order valence-electron chi connectivity index (χ1n) is 22.5. The first kappa shape index (κ1) is 47.1. The summed E-state index contributed by atoms with van der Waals surface area (Å²) < 4.78 is 32.0. The maximum Gasteiger partial charge on any atom is 0.269 e. The molecular formula is C50H59N3O12. The van der Waals surface area contributed by atoms with Crippen LogP contribution in [0.5, 0.6) is 23.0 Å². The van der Waals surface area contributed by atoms with Gasteiger partial charge in [-0.05, 0) is 116 Å². The third kappa shape index (κ3) is 10.5. The SMILES string of the molecule is C=CCOC12Oc3ccc(Oc4ccc(OC)c(C=O)c4)cc3C3C(CCCCO)C(CCCCO)C=C(C(=NOC4CCCCO4)CC1N(C)C(=O)C=Cc1ccc([N+](=O)[O-])cc1)C32. The second-order valence-electron chi connectivity index (χ2n) is 16.9. The Bertz CT molecular complexity index is 2250. The van der Waals surface area contributed by atoms with E-state index >= 15 is 0 Å². The van der Waals surface area contributed by atoms with E-state index < -0.39 is 29.0 Å². The van der Waals surface area contributed by atoms with Crippen molar-refractivity contribution in [2.45, 2.75) is 88.2 Å². The number of carbonyl (C=O) groups excluding carboxylic acids is 2. The Morgan fingerprint density at radius 2 is 1.78 bits per heavy atom. The second kappa shape index (κ2) is 21.9. The predicted octanol–water partition coefficient (Wildman–Crippen LogP) is 8.54. The van der Waals surface area contributed by atoms with E-state index in [1.807, 2.05) is 12.1 Å². The fourth-order valence-corrected chi connectivity index (χ4v) is 9.86. The summed E-state index contributed by atoms with van der Waals surface area (Å²) in [6.45, 7) is 4.76. The summed E-state index contributed by atoms with van der Waals surface area (Å²) in [7, 11) is 3.20. The minimum absolute atomic E-state index is 0.0116. The summed E-state index contributed by atoms with van der Waals surface area (Å²) in [5.74, 6) is -0.778. The van der Waals surface area contributed by atoms with Crippen molar-refractivity contribution < 1.29 is 53.2 Å². The van der Waals surface area contributed by atoms with Gasteiger partial charge in [0.2, 0.25) is 18.0 Å². The molecule has 2 aliphatic heterocycles. The number of methoxy groups -OCH3 is 1. The fourth-order valence-electron chi connectivity index (χ4n) is 9.86. The molecule has 65 heavy (non-hydrogen) atoms. The minimum Gasteiger partial charge on any atom is -0.496 e. The van der Waals surface area contributed by atoms with Crippen LogP contribution >= 0.6 is 0 Å². The number of likely N-dealkylation sites (N-methyl/N-ethyl adjacent to an activating group) is 1. The summed E-state index contributed by atoms with van der Waals surface area (Å²) in [6.07, 6.45) is 14.2. The van der Waals surface area contributed by atoms with Gasteiger partial charge in [-0.15, -0.1) is 6.58 Å². The molecule has 2 heterocycles. The van der Waals surface area contributed by atoms with Crippen LogP contribution in [-0.2, 0) is 19.1 Å². The van der Waals surface area contributed by atoms with Crippen molar-refractivity contribution >= 4 is 29.7 Å². The quantitative estimate of drug-likeness (QED) is 0.0259. The lowest BCUT2D eigenvalue weighted by Gasteiger charge is -2.59. The number of hydrogen-bond acceptors (Lipinski definition) is 13. The fraction of sp³-hybridized carbons (Fsp3) is 0.460. The van der Waals surface area contributed by atoms with Crippen LogP contribution < -0.4 is 14.2 Å². The standard InChI is InChI=1S/C50H59N3O12/c1-4-26-62-50-45(52(2)46(57)23-16-33-14-17-36(18-15-33)53(58)59)31-42(51-65-47-13-7-10-27-61-47)40-29-34(11-5-8-24-54)39(12-6-9-25-55)48(49(40)50)41-30-38(20-22-44(41)64-50)63-37-19-21-43(60-3)35(28-37)32-56/h4,14-23,28-30,32,34,39,45,47-49,54-55H,1,5-13,24-27,31H2,2-3H3. The minimum atomic E-state index is -1.48. The van der Waals surface area contributed by atoms with Crippen LogP contribution in [0.1, 0.15) is 91.6 Å². The van der Waals surface area contributed by atoms with Crippen molar-refractivity contribution in [3.63, 3.8) is 0 Å². The Balaban J connectivity index is 1.39. The maximum atomic E-state index is 14.4. The van der Waals surface area contributed by atoms with Crippen LogP contribution in [0, 0.1) is 27.9 Å². The first-order chi connectivity index (χ1) is 31.6. The lowest BCUT2D eigenvalue weighted by atomic mass is 9.55. The Kier molecular flexibility index (Phi) is 15.9. The molecule has 1 amide bonds. The van der Waals surface area contributed by atoms with E-state index in [0.29, 0.717) is 65.7 Å². The van der Waals surface area contributed by atoms with Crippen LogP contribution in [0.3, 0.4) is 0 Å². The van der Waals surface area contributed by atoms with Gasteiger partial charge in [-0.25, -0.2) is 0 Å². The third-order valence-corrected chi connectivity index (χ3v) is 13.0. The molecule has 1 saturated carbocycles. The van der Waals surface area contributed by atoms with Crippen molar-refractivity contribution in [1.82, 2.24) is 4.90 Å². The number of fused-ring (bicyclic) bond motifs is 2. The molecule has 15 heteroatoms. The van der Waals surface area contributed by atoms with Crippen LogP contribution in [0.2, 0.25) is 0 Å². The van der Waals surface area contributed by atoms with Gasteiger partial charge in [0.1, 0.15) is 29.0 Å². The van der Waals surface area contributed by atoms with Gasteiger partial charge in [0, 0.05) is 62.8 Å². The van der Waals surface area contributed by atoms with E-state index in [1.165, 1.54) is 25.3 Å². The molecule has 0 bridgehead atoms. The molecule has 7 rings (SSSR count). The number of rotatable bonds is 21. The zero-order valence-corrected chi connectivity index (χ0v) is 37.0. The van der Waals surface area contributed by atoms with E-state index in [4.69, 9.17) is 33.7 Å². The van der Waals surface area contributed by atoms with Crippen molar-refractivity contribution in [1.29, 1.82) is 0 Å². The van der Waals surface area contributed by atoms with E-state index in [0.717, 1.165) is 55.9 Å². The highest BCUT2D eigenvalue weighted by atomic mass is 16.8. The largest absolute Gasteiger partial charge is 0.496 e. The first-order valence-corrected chi connectivity index (χ1v) is 22.5. The molecule has 4 aliphatic rings. The van der Waals surface area contributed by atoms with Gasteiger partial charge in [0.05, 0.1) is 42.4 Å². The number of unbranched alkanes of at least 4 members (excludes halogenated alkanes) is 2. The van der Waals surface area contributed by atoms with Gasteiger partial charge < -0.3 is 43.6 Å². The monoisotopic (exact) mass is 893 g/mol. The number of hydrogen-bond donors (Lipinski definition) is 2. The number of nitrogens with zero attached hydrogens (tertiary/aromatic N) is 3. The molecule has 2 fully saturated rings. The average molecular weight is 894 g/mol. The summed E-state index contributed by atoms with van der Waals surface area (Å²) in [5.41, 5.74) is 3.27. The predicted molar refractivity (Wildman–Crippen MR) is 243 cm³/mol. The molecule has 0 aromatic heterocycles. The maximum absolute atomic E-state index is 14.4. The highest BCUT2D eigenvalue weighted by Gasteiger charge is 2.65. The number of amides is 1. The number of aliphatic hydroxyl groups is 2. The summed E-state index contributed by atoms with van der Waals surface area (Å²) in [6, 6.07) is 15.8. The molecule has 15 nitrogen and oxygen atoms in total. The number of oxime groups is 1. The number of benzene rings is 3. The molecule has 3 aromatic carbocycles. The topological polar surface area (TPSA) is 189 Å². The smallest absolute Gasteiger partial charge is 0.269 e. The number of carbonyl (C=O) groups is 2. The zero-order chi connectivity index (χ0) is 45.9. The number of aldehydes is 1. The van der Waals surface area contributed by atoms with Gasteiger partial charge in [-0.2, -0.15) is 0 Å². The number of nitro groups is 1. The van der Waals surface area contributed by atoms with E-state index in [9.17, 15) is 29.9 Å². The summed E-state index contributed by atoms with van der Waals surface area (Å²) in [5, 5.41) is 36.1. The zero-order valence-electron chi connectivity index (χ0n) is 37.0. The van der Waals surface area contributed by atoms with Gasteiger partial charge in [-0.1, -0.05) is 30.1 Å². The molecule has 7 atom stereocenters. The van der Waals surface area contributed by atoms with Crippen LogP contribution in [0.15, 0.2) is 96.2 Å². The lowest BCUT2D eigenvalue weighted by molar-refractivity contribution is -0.384. The molecule has 0 spiro atoms. The van der Waals surface area contributed by atoms with Crippen molar-refractivity contribution in [2.75, 3.05) is 40.6 Å². The van der Waals surface area contributed by atoms with Gasteiger partial charge >= 0.3 is 0 Å². The highest BCUT2D eigenvalue weighted by molar-refractivity contribution is 6.03. The summed E-state index contributed by atoms with van der Waals surface area (Å²) in [4.78, 5) is 45.0. The van der Waals surface area contributed by atoms with E-state index in [2.05, 4.69) is 12.7 Å². The highest BCUT2D eigenvalue weighted by Crippen LogP contribution is 2.62. The molecule has 3 aromatic rings. The van der Waals surface area contributed by atoms with E-state index in [-0.39, 0.29) is 55.6 Å². The Labute approximate surface area is 379 Å². The van der Waals surface area contributed by atoms with Crippen LogP contribution in [0.4, 0.5) is 5.69 Å².